The molecule has 0 aliphatic rings. The summed E-state index contributed by atoms with van der Waals surface area (Å²) in [5.41, 5.74) is 9.61. The van der Waals surface area contributed by atoms with E-state index in [-0.39, 0.29) is 33.8 Å². The van der Waals surface area contributed by atoms with Gasteiger partial charge in [-0.05, 0) is 17.7 Å². The summed E-state index contributed by atoms with van der Waals surface area (Å²) in [4.78, 5) is 13.5. The molecule has 23 heavy (non-hydrogen) atoms. The van der Waals surface area contributed by atoms with Crippen molar-refractivity contribution in [1.82, 2.24) is 4.98 Å². The molecule has 6 N–H and O–H groups in total. The van der Waals surface area contributed by atoms with Crippen LogP contribution in [0.1, 0.15) is 11.1 Å². The van der Waals surface area contributed by atoms with Crippen LogP contribution in [0.5, 0.6) is 0 Å². The second-order valence-corrected chi connectivity index (χ2v) is 5.83. The molecule has 9 nitrogen and oxygen atoms in total. The molecule has 0 aliphatic carbocycles. The van der Waals surface area contributed by atoms with Gasteiger partial charge in [-0.25, -0.2) is 0 Å². The molecule has 0 bridgehead atoms. The van der Waals surface area contributed by atoms with E-state index in [4.69, 9.17) is 21.3 Å². The van der Waals surface area contributed by atoms with Gasteiger partial charge < -0.3 is 16.5 Å². The fourth-order valence-corrected chi connectivity index (χ4v) is 2.67. The SMILES string of the molecule is N#Cc1c(N)[nH]c(=O)c(C#N)c1-c1ccc(S(=O)(=O)O)c(N)c1. The molecule has 0 amide bonds. The maximum atomic E-state index is 11.8. The summed E-state index contributed by atoms with van der Waals surface area (Å²) in [5, 5.41) is 18.3. The third-order valence-electron chi connectivity index (χ3n) is 3.04. The number of H-pyrrole nitrogens is 1. The van der Waals surface area contributed by atoms with Crippen molar-refractivity contribution in [2.45, 2.75) is 4.90 Å². The van der Waals surface area contributed by atoms with Crippen molar-refractivity contribution in [2.75, 3.05) is 11.5 Å². The van der Waals surface area contributed by atoms with Gasteiger partial charge in [0.1, 0.15) is 34.0 Å². The van der Waals surface area contributed by atoms with Crippen LogP contribution < -0.4 is 17.0 Å². The smallest absolute Gasteiger partial charge is 0.296 e. The second kappa shape index (κ2) is 5.46. The number of nitrogen functional groups attached to an aromatic ring is 2. The van der Waals surface area contributed by atoms with Crippen molar-refractivity contribution >= 4 is 21.6 Å². The van der Waals surface area contributed by atoms with E-state index in [2.05, 4.69) is 4.98 Å². The molecule has 0 radical (unpaired) electrons. The Morgan fingerprint density at radius 2 is 1.74 bits per heavy atom. The van der Waals surface area contributed by atoms with Crippen LogP contribution in [0.15, 0.2) is 27.9 Å². The first kappa shape index (κ1) is 16.0. The quantitative estimate of drug-likeness (QED) is 0.443. The summed E-state index contributed by atoms with van der Waals surface area (Å²) in [6.45, 7) is 0. The molecule has 0 fully saturated rings. The zero-order valence-corrected chi connectivity index (χ0v) is 12.2. The highest BCUT2D eigenvalue weighted by Gasteiger charge is 2.20. The molecular formula is C13H9N5O4S. The van der Waals surface area contributed by atoms with Gasteiger partial charge in [0.15, 0.2) is 0 Å². The number of aromatic amines is 1. The molecule has 1 heterocycles. The zero-order chi connectivity index (χ0) is 17.4. The largest absolute Gasteiger partial charge is 0.398 e. The van der Waals surface area contributed by atoms with E-state index in [1.54, 1.807) is 12.1 Å². The van der Waals surface area contributed by atoms with Gasteiger partial charge in [-0.15, -0.1) is 0 Å². The standard InChI is InChI=1S/C13H9N5O4S/c14-4-7-11(8(5-15)13(19)18-12(7)17)6-1-2-10(9(16)3-6)23(20,21)22/h1-3H,16H2,(H3,17,18,19)(H,20,21,22). The first-order valence-electron chi connectivity index (χ1n) is 5.94. The zero-order valence-electron chi connectivity index (χ0n) is 11.4. The number of nitrogens with two attached hydrogens (primary N) is 2. The summed E-state index contributed by atoms with van der Waals surface area (Å²) >= 11 is 0. The molecule has 10 heteroatoms. The number of hydrogen-bond acceptors (Lipinski definition) is 7. The Labute approximate surface area is 130 Å². The van der Waals surface area contributed by atoms with Gasteiger partial charge in [-0.2, -0.15) is 18.9 Å². The van der Waals surface area contributed by atoms with Gasteiger partial charge in [0.2, 0.25) is 0 Å². The molecule has 1 aromatic heterocycles. The highest BCUT2D eigenvalue weighted by Crippen LogP contribution is 2.31. The number of rotatable bonds is 2. The van der Waals surface area contributed by atoms with Crippen molar-refractivity contribution in [1.29, 1.82) is 10.5 Å². The van der Waals surface area contributed by atoms with Crippen LogP contribution in [-0.2, 0) is 10.1 Å². The number of pyridine rings is 1. The van der Waals surface area contributed by atoms with Gasteiger partial charge in [0.05, 0.1) is 5.69 Å². The molecule has 2 aromatic rings. The van der Waals surface area contributed by atoms with E-state index in [9.17, 15) is 18.5 Å². The van der Waals surface area contributed by atoms with Gasteiger partial charge in [0, 0.05) is 5.56 Å². The van der Waals surface area contributed by atoms with Crippen molar-refractivity contribution in [3.63, 3.8) is 0 Å². The van der Waals surface area contributed by atoms with Gasteiger partial charge in [0.25, 0.3) is 15.7 Å². The Kier molecular flexibility index (Phi) is 3.80. The van der Waals surface area contributed by atoms with Crippen LogP contribution in [0.4, 0.5) is 11.5 Å². The number of benzene rings is 1. The molecule has 0 atom stereocenters. The number of nitrogens with zero attached hydrogens (tertiary/aromatic N) is 2. The van der Waals surface area contributed by atoms with E-state index in [0.29, 0.717) is 0 Å². The lowest BCUT2D eigenvalue weighted by Crippen LogP contribution is -2.16. The third kappa shape index (κ3) is 2.72. The van der Waals surface area contributed by atoms with Crippen molar-refractivity contribution in [2.24, 2.45) is 0 Å². The molecule has 0 saturated heterocycles. The predicted octanol–water partition coefficient (Wildman–Crippen LogP) is 0.196. The molecule has 1 aromatic carbocycles. The van der Waals surface area contributed by atoms with E-state index in [0.717, 1.165) is 12.1 Å². The molecular weight excluding hydrogens is 322 g/mol. The lowest BCUT2D eigenvalue weighted by molar-refractivity contribution is 0.483. The molecule has 2 rings (SSSR count). The first-order chi connectivity index (χ1) is 10.7. The number of anilines is 2. The topological polar surface area (TPSA) is 187 Å². The number of nitriles is 2. The Morgan fingerprint density at radius 1 is 1.13 bits per heavy atom. The monoisotopic (exact) mass is 331 g/mol. The average molecular weight is 331 g/mol. The lowest BCUT2D eigenvalue weighted by atomic mass is 9.96. The Morgan fingerprint density at radius 3 is 2.22 bits per heavy atom. The molecule has 0 unspecified atom stereocenters. The number of hydrogen-bond donors (Lipinski definition) is 4. The lowest BCUT2D eigenvalue weighted by Gasteiger charge is -2.10. The number of aromatic nitrogens is 1. The Bertz CT molecular complexity index is 1060. The minimum atomic E-state index is -4.53. The normalized spacial score (nSPS) is 10.7. The number of nitrogens with one attached hydrogen (secondary N) is 1. The van der Waals surface area contributed by atoms with Gasteiger partial charge in [-0.1, -0.05) is 6.07 Å². The van der Waals surface area contributed by atoms with E-state index < -0.39 is 20.6 Å². The molecule has 0 saturated carbocycles. The van der Waals surface area contributed by atoms with Crippen LogP contribution in [0.3, 0.4) is 0 Å². The van der Waals surface area contributed by atoms with E-state index in [1.807, 2.05) is 0 Å². The summed E-state index contributed by atoms with van der Waals surface area (Å²) in [7, 11) is -4.53. The Hall–Kier alpha value is -3.34. The molecule has 116 valence electrons. The average Bonchev–Trinajstić information content (AvgIpc) is 2.45. The van der Waals surface area contributed by atoms with Crippen molar-refractivity contribution in [3.05, 3.63) is 39.7 Å². The van der Waals surface area contributed by atoms with E-state index >= 15 is 0 Å². The molecule has 0 spiro atoms. The van der Waals surface area contributed by atoms with Crippen LogP contribution in [-0.4, -0.2) is 18.0 Å². The van der Waals surface area contributed by atoms with Crippen molar-refractivity contribution in [3.8, 4) is 23.3 Å². The first-order valence-corrected chi connectivity index (χ1v) is 7.38. The summed E-state index contributed by atoms with van der Waals surface area (Å²) in [5.74, 6) is -0.232. The predicted molar refractivity (Wildman–Crippen MR) is 80.6 cm³/mol. The van der Waals surface area contributed by atoms with Gasteiger partial charge in [-0.3, -0.25) is 9.35 Å². The maximum absolute atomic E-state index is 11.8. The van der Waals surface area contributed by atoms with Crippen LogP contribution in [0.2, 0.25) is 0 Å². The van der Waals surface area contributed by atoms with Crippen molar-refractivity contribution < 1.29 is 13.0 Å². The summed E-state index contributed by atoms with van der Waals surface area (Å²) in [6, 6.07) is 6.77. The maximum Gasteiger partial charge on any atom is 0.296 e. The fourth-order valence-electron chi connectivity index (χ4n) is 2.07. The second-order valence-electron chi connectivity index (χ2n) is 4.44. The van der Waals surface area contributed by atoms with E-state index in [1.165, 1.54) is 6.07 Å². The summed E-state index contributed by atoms with van der Waals surface area (Å²) < 4.78 is 31.3. The van der Waals surface area contributed by atoms with Gasteiger partial charge >= 0.3 is 0 Å². The fraction of sp³-hybridized carbons (Fsp3) is 0. The Balaban J connectivity index is 2.89. The van der Waals surface area contributed by atoms with Crippen LogP contribution in [0.25, 0.3) is 11.1 Å². The minimum Gasteiger partial charge on any atom is -0.398 e. The van der Waals surface area contributed by atoms with Crippen LogP contribution in [0, 0.1) is 22.7 Å². The highest BCUT2D eigenvalue weighted by molar-refractivity contribution is 7.86. The minimum absolute atomic E-state index is 0.0650. The molecule has 0 aliphatic heterocycles. The highest BCUT2D eigenvalue weighted by atomic mass is 32.2. The van der Waals surface area contributed by atoms with Crippen LogP contribution >= 0.6 is 0 Å². The third-order valence-corrected chi connectivity index (χ3v) is 3.97. The summed E-state index contributed by atoms with van der Waals surface area (Å²) in [6.07, 6.45) is 0.